The lowest BCUT2D eigenvalue weighted by atomic mass is 10.3. The van der Waals surface area contributed by atoms with Crippen LogP contribution in [0, 0.1) is 0 Å². The molecule has 0 aliphatic rings. The Morgan fingerprint density at radius 3 is 2.78 bits per heavy atom. The van der Waals surface area contributed by atoms with Crippen LogP contribution >= 0.6 is 0 Å². The third kappa shape index (κ3) is 4.15. The Labute approximate surface area is 134 Å². The van der Waals surface area contributed by atoms with Crippen molar-refractivity contribution in [3.8, 4) is 5.88 Å². The van der Waals surface area contributed by atoms with Crippen molar-refractivity contribution in [2.45, 2.75) is 0 Å². The molecule has 1 aromatic heterocycles. The van der Waals surface area contributed by atoms with Crippen molar-refractivity contribution in [2.75, 3.05) is 7.11 Å². The van der Waals surface area contributed by atoms with Gasteiger partial charge in [0.1, 0.15) is 5.76 Å². The third-order valence-corrected chi connectivity index (χ3v) is 3.00. The molecule has 118 valence electrons. The van der Waals surface area contributed by atoms with Gasteiger partial charge in [0, 0.05) is 13.1 Å². The highest BCUT2D eigenvalue weighted by Gasteiger charge is 2.08. The Morgan fingerprint density at radius 2 is 2.13 bits per heavy atom. The highest BCUT2D eigenvalue weighted by molar-refractivity contribution is 5.48. The Hall–Kier alpha value is -3.17. The SMILES string of the molecule is C=C/C(=C\C=C=Cc1oc(=Nc2ccccc2)n(C)c1O)OC. The van der Waals surface area contributed by atoms with Crippen LogP contribution < -0.4 is 5.68 Å². The molecule has 0 saturated carbocycles. The van der Waals surface area contributed by atoms with Crippen molar-refractivity contribution in [3.63, 3.8) is 0 Å². The van der Waals surface area contributed by atoms with Crippen LogP contribution in [-0.4, -0.2) is 16.8 Å². The third-order valence-electron chi connectivity index (χ3n) is 3.00. The fraction of sp³-hybridized carbons (Fsp3) is 0.111. The fourth-order valence-corrected chi connectivity index (χ4v) is 1.75. The molecule has 5 nitrogen and oxygen atoms in total. The van der Waals surface area contributed by atoms with Crippen LogP contribution in [0.15, 0.2) is 76.0 Å². The summed E-state index contributed by atoms with van der Waals surface area (Å²) in [6.45, 7) is 3.61. The second-order valence-electron chi connectivity index (χ2n) is 4.53. The Bertz CT molecular complexity index is 833. The second-order valence-corrected chi connectivity index (χ2v) is 4.53. The highest BCUT2D eigenvalue weighted by atomic mass is 16.5. The molecule has 0 spiro atoms. The van der Waals surface area contributed by atoms with E-state index >= 15 is 0 Å². The lowest BCUT2D eigenvalue weighted by Gasteiger charge is -1.94. The number of para-hydroxylation sites is 1. The van der Waals surface area contributed by atoms with Gasteiger partial charge in [0.05, 0.1) is 12.8 Å². The van der Waals surface area contributed by atoms with Gasteiger partial charge in [-0.25, -0.2) is 0 Å². The molecule has 0 amide bonds. The molecule has 5 heteroatoms. The molecule has 1 N–H and O–H groups in total. The van der Waals surface area contributed by atoms with E-state index in [0.29, 0.717) is 11.4 Å². The Kier molecular flexibility index (Phi) is 5.45. The van der Waals surface area contributed by atoms with Crippen LogP contribution in [0.1, 0.15) is 5.76 Å². The van der Waals surface area contributed by atoms with Gasteiger partial charge in [-0.3, -0.25) is 4.57 Å². The number of benzene rings is 1. The predicted molar refractivity (Wildman–Crippen MR) is 88.8 cm³/mol. The largest absolute Gasteiger partial charge is 0.497 e. The summed E-state index contributed by atoms with van der Waals surface area (Å²) in [5, 5.41) is 10.1. The Balaban J connectivity index is 2.34. The maximum Gasteiger partial charge on any atom is 0.305 e. The zero-order valence-corrected chi connectivity index (χ0v) is 13.1. The van der Waals surface area contributed by atoms with E-state index in [1.54, 1.807) is 32.4 Å². The fourth-order valence-electron chi connectivity index (χ4n) is 1.75. The summed E-state index contributed by atoms with van der Waals surface area (Å²) in [6.07, 6.45) is 6.43. The van der Waals surface area contributed by atoms with Gasteiger partial charge < -0.3 is 14.3 Å². The lowest BCUT2D eigenvalue weighted by molar-refractivity contribution is 0.307. The van der Waals surface area contributed by atoms with E-state index in [1.807, 2.05) is 30.3 Å². The van der Waals surface area contributed by atoms with Crippen LogP contribution in [0.4, 0.5) is 5.69 Å². The summed E-state index contributed by atoms with van der Waals surface area (Å²) < 4.78 is 12.0. The number of hydrogen-bond acceptors (Lipinski definition) is 4. The van der Waals surface area contributed by atoms with Gasteiger partial charge in [0.25, 0.3) is 0 Å². The van der Waals surface area contributed by atoms with E-state index in [1.165, 1.54) is 10.6 Å². The van der Waals surface area contributed by atoms with Gasteiger partial charge in [-0.15, -0.1) is 5.73 Å². The average molecular weight is 310 g/mol. The number of aromatic nitrogens is 1. The van der Waals surface area contributed by atoms with E-state index < -0.39 is 0 Å². The van der Waals surface area contributed by atoms with Gasteiger partial charge in [0.2, 0.25) is 5.88 Å². The van der Waals surface area contributed by atoms with Crippen LogP contribution in [0.5, 0.6) is 5.88 Å². The van der Waals surface area contributed by atoms with Gasteiger partial charge in [-0.05, 0) is 30.4 Å². The molecule has 0 saturated heterocycles. The van der Waals surface area contributed by atoms with Gasteiger partial charge in [0.15, 0.2) is 5.76 Å². The van der Waals surface area contributed by atoms with Gasteiger partial charge >= 0.3 is 5.68 Å². The van der Waals surface area contributed by atoms with Gasteiger partial charge in [-0.2, -0.15) is 4.99 Å². The summed E-state index contributed by atoms with van der Waals surface area (Å²) in [5.74, 6) is 0.851. The average Bonchev–Trinajstić information content (AvgIpc) is 2.84. The molecular weight excluding hydrogens is 292 g/mol. The van der Waals surface area contributed by atoms with Crippen molar-refractivity contribution in [3.05, 3.63) is 78.1 Å². The maximum atomic E-state index is 10.1. The first-order valence-corrected chi connectivity index (χ1v) is 6.93. The van der Waals surface area contributed by atoms with Crippen molar-refractivity contribution >= 4 is 11.8 Å². The standard InChI is InChI=1S/C18H18N2O3/c1-4-15(22-3)12-8-9-13-16-17(21)20(2)18(23-16)19-14-10-6-5-7-11-14/h4-8,10-13,21H,1H2,2-3H3/b15-12+,19-18?. The van der Waals surface area contributed by atoms with Crippen molar-refractivity contribution in [2.24, 2.45) is 12.0 Å². The monoisotopic (exact) mass is 310 g/mol. The van der Waals surface area contributed by atoms with Crippen LogP contribution in [-0.2, 0) is 11.8 Å². The lowest BCUT2D eigenvalue weighted by Crippen LogP contribution is -2.10. The number of rotatable bonds is 5. The number of aromatic hydroxyl groups is 1. The summed E-state index contributed by atoms with van der Waals surface area (Å²) in [4.78, 5) is 4.34. The second kappa shape index (κ2) is 7.73. The van der Waals surface area contributed by atoms with Crippen molar-refractivity contribution < 1.29 is 14.3 Å². The molecule has 2 aromatic rings. The molecule has 0 bridgehead atoms. The quantitative estimate of drug-likeness (QED) is 0.523. The first-order valence-electron chi connectivity index (χ1n) is 6.93. The van der Waals surface area contributed by atoms with Crippen molar-refractivity contribution in [1.82, 2.24) is 4.57 Å². The van der Waals surface area contributed by atoms with E-state index in [0.717, 1.165) is 5.69 Å². The Morgan fingerprint density at radius 1 is 1.39 bits per heavy atom. The number of hydrogen-bond donors (Lipinski definition) is 1. The van der Waals surface area contributed by atoms with E-state index in [9.17, 15) is 5.11 Å². The first-order chi connectivity index (χ1) is 11.2. The molecule has 1 heterocycles. The maximum absolute atomic E-state index is 10.1. The number of oxazole rings is 1. The normalized spacial score (nSPS) is 11.7. The zero-order valence-electron chi connectivity index (χ0n) is 13.1. The smallest absolute Gasteiger partial charge is 0.305 e. The van der Waals surface area contributed by atoms with Gasteiger partial charge in [-0.1, -0.05) is 24.8 Å². The van der Waals surface area contributed by atoms with Crippen LogP contribution in [0.3, 0.4) is 0 Å². The zero-order chi connectivity index (χ0) is 16.7. The number of methoxy groups -OCH3 is 1. The molecule has 0 atom stereocenters. The van der Waals surface area contributed by atoms with Crippen LogP contribution in [0.25, 0.3) is 6.08 Å². The predicted octanol–water partition coefficient (Wildman–Crippen LogP) is 3.44. The van der Waals surface area contributed by atoms with E-state index in [2.05, 4.69) is 17.3 Å². The summed E-state index contributed by atoms with van der Waals surface area (Å²) in [6, 6.07) is 9.36. The molecule has 0 aliphatic heterocycles. The molecule has 0 aliphatic carbocycles. The number of nitrogens with zero attached hydrogens (tertiary/aromatic N) is 2. The number of allylic oxidation sites excluding steroid dienone is 3. The summed E-state index contributed by atoms with van der Waals surface area (Å²) in [5.41, 5.74) is 3.91. The molecular formula is C18H18N2O3. The molecule has 1 aromatic carbocycles. The molecule has 0 unspecified atom stereocenters. The summed E-state index contributed by atoms with van der Waals surface area (Å²) in [7, 11) is 3.23. The first kappa shape index (κ1) is 16.2. The topological polar surface area (TPSA) is 59.9 Å². The molecule has 0 fully saturated rings. The van der Waals surface area contributed by atoms with Crippen molar-refractivity contribution in [1.29, 1.82) is 0 Å². The molecule has 23 heavy (non-hydrogen) atoms. The highest BCUT2D eigenvalue weighted by Crippen LogP contribution is 2.16. The molecule has 2 rings (SSSR count). The minimum Gasteiger partial charge on any atom is -0.497 e. The minimum atomic E-state index is -0.0275. The minimum absolute atomic E-state index is 0.0275. The molecule has 0 radical (unpaired) electrons. The van der Waals surface area contributed by atoms with E-state index in [-0.39, 0.29) is 11.6 Å². The number of ether oxygens (including phenoxy) is 1. The summed E-state index contributed by atoms with van der Waals surface area (Å²) >= 11 is 0. The van der Waals surface area contributed by atoms with E-state index in [4.69, 9.17) is 9.15 Å². The van der Waals surface area contributed by atoms with Crippen LogP contribution in [0.2, 0.25) is 0 Å².